The number of azo groups is 3. The van der Waals surface area contributed by atoms with E-state index in [1.54, 1.807) is 33.6 Å². The Morgan fingerprint density at radius 2 is 0.833 bits per heavy atom. The number of anilines is 3. The minimum Gasteiger partial charge on any atom is -0.491 e. The average molecular weight is 1220 g/mol. The van der Waals surface area contributed by atoms with Crippen molar-refractivity contribution in [3.8, 4) is 11.5 Å². The van der Waals surface area contributed by atoms with Crippen LogP contribution in [0.1, 0.15) is 38.1 Å². The van der Waals surface area contributed by atoms with E-state index in [2.05, 4.69) is 86.1 Å². The number of aryl methyl sites for hydroxylation is 2. The first-order chi connectivity index (χ1) is 43.9. The van der Waals surface area contributed by atoms with Crippen molar-refractivity contribution >= 4 is 68.2 Å². The van der Waals surface area contributed by atoms with Crippen molar-refractivity contribution in [2.24, 2.45) is 40.9 Å². The third-order valence-electron chi connectivity index (χ3n) is 13.7. The number of nitro benzene ring substituents is 3. The fourth-order valence-electron chi connectivity index (χ4n) is 8.97. The predicted molar refractivity (Wildman–Crippen MR) is 335 cm³/mol. The topological polar surface area (TPSA) is 391 Å². The van der Waals surface area contributed by atoms with Crippen LogP contribution in [0.4, 0.5) is 68.2 Å². The first kappa shape index (κ1) is 64.2. The van der Waals surface area contributed by atoms with Crippen LogP contribution in [-0.4, -0.2) is 110 Å². The molecule has 0 spiro atoms. The van der Waals surface area contributed by atoms with Crippen LogP contribution in [0.25, 0.3) is 20.9 Å². The Bertz CT molecular complexity index is 3670. The van der Waals surface area contributed by atoms with Gasteiger partial charge in [-0.05, 0) is 148 Å². The van der Waals surface area contributed by atoms with E-state index in [9.17, 15) is 30.3 Å². The van der Waals surface area contributed by atoms with E-state index >= 15 is 0 Å². The summed E-state index contributed by atoms with van der Waals surface area (Å²) in [5.41, 5.74) is 23.8. The zero-order valence-corrected chi connectivity index (χ0v) is 49.2. The number of nitrogens with zero attached hydrogens (tertiary/aromatic N) is 24. The summed E-state index contributed by atoms with van der Waals surface area (Å²) in [4.78, 5) is 45.0. The molecule has 0 N–H and O–H groups in total. The summed E-state index contributed by atoms with van der Waals surface area (Å²) >= 11 is 0. The smallest absolute Gasteiger partial charge is 0.273 e. The van der Waals surface area contributed by atoms with Crippen molar-refractivity contribution in [1.82, 2.24) is 30.0 Å². The highest BCUT2D eigenvalue weighted by Gasteiger charge is 2.17. The SMILES string of the molecule is CCN(CCN=[N+]=[N-])c1ccc(N=Nc2ccc([N+](=O)[O-])cc2OCCCc2cn(CCN(CCn3cc(CCCOc4cc([N+](=O)[O-])ccc4N=Nc4ccc(N(CC)CCN=[N+]=[N-])cc4)nn3)c3ccc(N=Nc4ccc([N+](=O)[O-])cc4)cc3)nn2)cc1. The van der Waals surface area contributed by atoms with Crippen LogP contribution in [0, 0.1) is 30.3 Å². The van der Waals surface area contributed by atoms with Gasteiger partial charge in [0, 0.05) is 116 Å². The van der Waals surface area contributed by atoms with Crippen molar-refractivity contribution in [3.05, 3.63) is 208 Å². The van der Waals surface area contributed by atoms with Crippen LogP contribution in [0.15, 0.2) is 187 Å². The predicted octanol–water partition coefficient (Wildman–Crippen LogP) is 14.3. The van der Waals surface area contributed by atoms with E-state index in [1.165, 1.54) is 60.7 Å². The highest BCUT2D eigenvalue weighted by Crippen LogP contribution is 2.36. The van der Waals surface area contributed by atoms with Crippen LogP contribution in [0.2, 0.25) is 0 Å². The van der Waals surface area contributed by atoms with Gasteiger partial charge in [0.25, 0.3) is 17.1 Å². The van der Waals surface area contributed by atoms with Gasteiger partial charge in [-0.25, -0.2) is 0 Å². The monoisotopic (exact) mass is 1220 g/mol. The normalized spacial score (nSPS) is 11.2. The molecule has 2 aromatic heterocycles. The lowest BCUT2D eigenvalue weighted by Crippen LogP contribution is -2.31. The van der Waals surface area contributed by atoms with Gasteiger partial charge in [-0.1, -0.05) is 20.7 Å². The second-order valence-electron chi connectivity index (χ2n) is 19.6. The van der Waals surface area contributed by atoms with Gasteiger partial charge in [-0.3, -0.25) is 39.7 Å². The van der Waals surface area contributed by atoms with Crippen molar-refractivity contribution in [2.45, 2.75) is 52.6 Å². The van der Waals surface area contributed by atoms with E-state index in [1.807, 2.05) is 74.8 Å². The summed E-state index contributed by atoms with van der Waals surface area (Å²) in [5.74, 6) is 0.403. The molecule has 8 aromatic rings. The Balaban J connectivity index is 0.867. The summed E-state index contributed by atoms with van der Waals surface area (Å²) in [6.45, 7) is 9.51. The van der Waals surface area contributed by atoms with Crippen molar-refractivity contribution in [2.75, 3.05) is 80.3 Å². The van der Waals surface area contributed by atoms with E-state index < -0.39 is 14.8 Å². The molecule has 0 amide bonds. The van der Waals surface area contributed by atoms with Crippen molar-refractivity contribution in [1.29, 1.82) is 0 Å². The number of benzene rings is 6. The lowest BCUT2D eigenvalue weighted by Gasteiger charge is -2.24. The molecule has 8 rings (SSSR count). The molecular formula is C58H62N24O8. The molecule has 0 fully saturated rings. The van der Waals surface area contributed by atoms with Gasteiger partial charge < -0.3 is 24.2 Å². The van der Waals surface area contributed by atoms with Gasteiger partial charge in [-0.15, -0.1) is 20.4 Å². The van der Waals surface area contributed by atoms with Crippen LogP contribution in [-0.2, 0) is 25.9 Å². The van der Waals surface area contributed by atoms with Crippen LogP contribution in [0.3, 0.4) is 0 Å². The van der Waals surface area contributed by atoms with Gasteiger partial charge in [0.05, 0.1) is 87.3 Å². The highest BCUT2D eigenvalue weighted by atomic mass is 16.6. The number of nitro groups is 3. The molecule has 0 atom stereocenters. The maximum absolute atomic E-state index is 11.7. The maximum Gasteiger partial charge on any atom is 0.273 e. The second kappa shape index (κ2) is 33.2. The second-order valence-corrected chi connectivity index (χ2v) is 19.6. The summed E-state index contributed by atoms with van der Waals surface area (Å²) in [7, 11) is 0. The Hall–Kier alpha value is -11.8. The van der Waals surface area contributed by atoms with Gasteiger partial charge >= 0.3 is 0 Å². The standard InChI is InChI=1S/C58H62N24O8/c1-3-75(31-29-61-71-59)49-17-9-45(10-18-49)65-69-55-27-25-53(81(85)86)39-57(55)89-37-5-7-47-41-78(73-67-47)35-33-77(51-21-13-43(14-22-51)63-64-44-15-23-52(24-16-44)80(83)84)34-36-79-42-48(68-74-79)8-6-38-90-58-40-54(82(87)88)26-28-56(58)70-66-46-11-19-50(20-12-46)76(4-2)32-30-62-72-60/h9-28,39-42H,3-8,29-38H2,1-2H3. The summed E-state index contributed by atoms with van der Waals surface area (Å²) < 4.78 is 15.6. The molecule has 6 aromatic carbocycles. The van der Waals surface area contributed by atoms with Gasteiger partial charge in [0.15, 0.2) is 11.5 Å². The van der Waals surface area contributed by atoms with Gasteiger partial charge in [-0.2, -0.15) is 20.5 Å². The third kappa shape index (κ3) is 19.4. The quantitative estimate of drug-likeness (QED) is 0.00879. The molecule has 462 valence electrons. The summed E-state index contributed by atoms with van der Waals surface area (Å²) in [6, 6.07) is 36.3. The van der Waals surface area contributed by atoms with Gasteiger partial charge in [0.1, 0.15) is 11.4 Å². The molecule has 2 heterocycles. The number of hydrogen-bond acceptors (Lipinski definition) is 23. The first-order valence-electron chi connectivity index (χ1n) is 28.6. The molecule has 32 heteroatoms. The van der Waals surface area contributed by atoms with Gasteiger partial charge in [0.2, 0.25) is 0 Å². The molecule has 0 saturated carbocycles. The lowest BCUT2D eigenvalue weighted by molar-refractivity contribution is -0.385. The van der Waals surface area contributed by atoms with E-state index in [-0.39, 0.29) is 41.8 Å². The Labute approximate surface area is 514 Å². The average Bonchev–Trinajstić information content (AvgIpc) is 2.99. The number of azide groups is 2. The number of hydrogen-bond donors (Lipinski definition) is 0. The molecule has 0 aliphatic carbocycles. The molecule has 0 bridgehead atoms. The molecule has 0 saturated heterocycles. The van der Waals surface area contributed by atoms with E-state index in [0.29, 0.717) is 137 Å². The zero-order valence-electron chi connectivity index (χ0n) is 49.2. The number of ether oxygens (including phenoxy) is 2. The summed E-state index contributed by atoms with van der Waals surface area (Å²) in [5, 5.41) is 85.4. The lowest BCUT2D eigenvalue weighted by atomic mass is 10.2. The Kier molecular flexibility index (Phi) is 23.7. The molecule has 0 aliphatic heterocycles. The molecule has 90 heavy (non-hydrogen) atoms. The van der Waals surface area contributed by atoms with Crippen LogP contribution < -0.4 is 24.2 Å². The van der Waals surface area contributed by atoms with Crippen molar-refractivity contribution in [3.63, 3.8) is 0 Å². The van der Waals surface area contributed by atoms with Crippen molar-refractivity contribution < 1.29 is 24.2 Å². The number of non-ortho nitro benzene ring substituents is 3. The minimum atomic E-state index is -0.505. The Morgan fingerprint density at radius 1 is 0.478 bits per heavy atom. The number of rotatable bonds is 36. The molecular weight excluding hydrogens is 1160 g/mol. The zero-order chi connectivity index (χ0) is 63.5. The van der Waals surface area contributed by atoms with E-state index in [0.717, 1.165) is 17.1 Å². The van der Waals surface area contributed by atoms with Crippen LogP contribution >= 0.6 is 0 Å². The number of likely N-dealkylation sites (N-methyl/N-ethyl adjacent to an activating group) is 2. The van der Waals surface area contributed by atoms with E-state index in [4.69, 9.17) is 20.5 Å². The third-order valence-corrected chi connectivity index (χ3v) is 13.7. The maximum atomic E-state index is 11.7. The summed E-state index contributed by atoms with van der Waals surface area (Å²) in [6.07, 6.45) is 5.72. The Morgan fingerprint density at radius 3 is 1.20 bits per heavy atom. The highest BCUT2D eigenvalue weighted by molar-refractivity contribution is 5.60. The number of aromatic nitrogens is 6. The molecule has 0 radical (unpaired) electrons. The fourth-order valence-corrected chi connectivity index (χ4v) is 8.97. The van der Waals surface area contributed by atoms with Crippen LogP contribution in [0.5, 0.6) is 11.5 Å². The largest absolute Gasteiger partial charge is 0.491 e. The minimum absolute atomic E-state index is 0.0503. The first-order valence-corrected chi connectivity index (χ1v) is 28.6. The fraction of sp³-hybridized carbons (Fsp3) is 0.310. The molecule has 32 nitrogen and oxygen atoms in total. The molecule has 0 aliphatic rings. The molecule has 0 unspecified atom stereocenters.